The quantitative estimate of drug-likeness (QED) is 0.467. The molecular formula is C26H40O4. The fourth-order valence-electron chi connectivity index (χ4n) is 7.67. The first kappa shape index (κ1) is 22.0. The van der Waals surface area contributed by atoms with Gasteiger partial charge in [0, 0.05) is 18.3 Å². The Kier molecular flexibility index (Phi) is 6.18. The zero-order chi connectivity index (χ0) is 21.5. The summed E-state index contributed by atoms with van der Waals surface area (Å²) in [6.45, 7) is 6.80. The number of carbonyl (C=O) groups excluding carboxylic acids is 2. The van der Waals surface area contributed by atoms with Gasteiger partial charge in [-0.1, -0.05) is 40.0 Å². The van der Waals surface area contributed by atoms with Crippen molar-refractivity contribution in [3.8, 4) is 0 Å². The van der Waals surface area contributed by atoms with Gasteiger partial charge < -0.3 is 9.84 Å². The van der Waals surface area contributed by atoms with Crippen LogP contribution in [0.5, 0.6) is 0 Å². The molecule has 0 aromatic rings. The Bertz CT molecular complexity index is 712. The molecule has 4 aliphatic carbocycles. The lowest BCUT2D eigenvalue weighted by Crippen LogP contribution is -2.54. The number of ketones is 1. The van der Waals surface area contributed by atoms with E-state index in [0.717, 1.165) is 56.9 Å². The van der Waals surface area contributed by atoms with Crippen LogP contribution >= 0.6 is 0 Å². The molecule has 4 heteroatoms. The monoisotopic (exact) mass is 416 g/mol. The van der Waals surface area contributed by atoms with Crippen LogP contribution in [0.1, 0.15) is 97.8 Å². The molecule has 0 saturated heterocycles. The molecule has 30 heavy (non-hydrogen) atoms. The van der Waals surface area contributed by atoms with Crippen LogP contribution in [0.3, 0.4) is 0 Å². The highest BCUT2D eigenvalue weighted by atomic mass is 16.5. The summed E-state index contributed by atoms with van der Waals surface area (Å²) in [6, 6.07) is 0. The first-order chi connectivity index (χ1) is 14.3. The molecule has 4 rings (SSSR count). The van der Waals surface area contributed by atoms with E-state index in [-0.39, 0.29) is 28.7 Å². The molecule has 0 aliphatic heterocycles. The van der Waals surface area contributed by atoms with Crippen molar-refractivity contribution in [2.45, 2.75) is 110 Å². The number of unbranched alkanes of at least 4 members (excludes halogenated alkanes) is 3. The molecule has 0 aromatic carbocycles. The fraction of sp³-hybridized carbons (Fsp3) is 0.846. The highest BCUT2D eigenvalue weighted by Crippen LogP contribution is 2.65. The lowest BCUT2D eigenvalue weighted by Gasteiger charge is -2.58. The molecule has 0 aromatic heterocycles. The van der Waals surface area contributed by atoms with E-state index in [2.05, 4.69) is 20.8 Å². The highest BCUT2D eigenvalue weighted by Gasteiger charge is 2.61. The van der Waals surface area contributed by atoms with Gasteiger partial charge in [0.05, 0.1) is 6.10 Å². The van der Waals surface area contributed by atoms with E-state index in [1.807, 2.05) is 0 Å². The third kappa shape index (κ3) is 3.67. The summed E-state index contributed by atoms with van der Waals surface area (Å²) >= 11 is 0. The van der Waals surface area contributed by atoms with Crippen LogP contribution in [-0.2, 0) is 14.3 Å². The van der Waals surface area contributed by atoms with Crippen LogP contribution < -0.4 is 0 Å². The van der Waals surface area contributed by atoms with Gasteiger partial charge in [0.1, 0.15) is 6.10 Å². The number of esters is 1. The van der Waals surface area contributed by atoms with Gasteiger partial charge in [0.25, 0.3) is 0 Å². The molecule has 4 aliphatic rings. The van der Waals surface area contributed by atoms with Crippen molar-refractivity contribution in [2.24, 2.45) is 28.6 Å². The highest BCUT2D eigenvalue weighted by molar-refractivity contribution is 5.91. The summed E-state index contributed by atoms with van der Waals surface area (Å²) in [5, 5.41) is 11.0. The zero-order valence-electron chi connectivity index (χ0n) is 19.1. The maximum Gasteiger partial charge on any atom is 0.306 e. The molecule has 0 heterocycles. The average Bonchev–Trinajstić information content (AvgIpc) is 3.03. The van der Waals surface area contributed by atoms with Gasteiger partial charge in [0.2, 0.25) is 0 Å². The molecule has 0 amide bonds. The van der Waals surface area contributed by atoms with Gasteiger partial charge >= 0.3 is 5.97 Å². The summed E-state index contributed by atoms with van der Waals surface area (Å²) in [5.41, 5.74) is 0.977. The molecule has 0 radical (unpaired) electrons. The average molecular weight is 417 g/mol. The number of rotatable bonds is 6. The van der Waals surface area contributed by atoms with Crippen molar-refractivity contribution in [1.82, 2.24) is 0 Å². The minimum atomic E-state index is -0.497. The second-order valence-electron chi connectivity index (χ2n) is 11.0. The number of ether oxygens (including phenoxy) is 1. The molecule has 168 valence electrons. The summed E-state index contributed by atoms with van der Waals surface area (Å²) in [5.74, 6) is 1.64. The number of fused-ring (bicyclic) bond motifs is 5. The Balaban J connectivity index is 1.46. The van der Waals surface area contributed by atoms with E-state index in [4.69, 9.17) is 4.74 Å². The van der Waals surface area contributed by atoms with Crippen LogP contribution in [0.25, 0.3) is 0 Å². The van der Waals surface area contributed by atoms with Crippen molar-refractivity contribution < 1.29 is 19.4 Å². The maximum atomic E-state index is 12.5. The van der Waals surface area contributed by atoms with Gasteiger partial charge in [-0.25, -0.2) is 0 Å². The first-order valence-electron chi connectivity index (χ1n) is 12.4. The lowest BCUT2D eigenvalue weighted by molar-refractivity contribution is -0.161. The number of carbonyl (C=O) groups is 2. The van der Waals surface area contributed by atoms with Crippen molar-refractivity contribution in [3.05, 3.63) is 11.6 Å². The topological polar surface area (TPSA) is 63.6 Å². The second-order valence-corrected chi connectivity index (χ2v) is 11.0. The minimum Gasteiger partial charge on any atom is -0.462 e. The SMILES string of the molecule is CCCCCCC(=O)O[C@H]1CC[C@H]2[C@@H]3C[C@H](O)C4=CC(=O)CC[C@]4(C)[C@H]3CC[C@]12C. The van der Waals surface area contributed by atoms with E-state index in [9.17, 15) is 14.7 Å². The lowest BCUT2D eigenvalue weighted by atomic mass is 9.47. The maximum absolute atomic E-state index is 12.5. The van der Waals surface area contributed by atoms with Gasteiger partial charge in [0.15, 0.2) is 5.78 Å². The normalized spacial score (nSPS) is 42.7. The number of hydrogen-bond donors (Lipinski definition) is 1. The van der Waals surface area contributed by atoms with Gasteiger partial charge in [-0.05, 0) is 79.8 Å². The van der Waals surface area contributed by atoms with Gasteiger partial charge in [-0.3, -0.25) is 9.59 Å². The summed E-state index contributed by atoms with van der Waals surface area (Å²) in [4.78, 5) is 24.5. The first-order valence-corrected chi connectivity index (χ1v) is 12.4. The van der Waals surface area contributed by atoms with E-state index in [0.29, 0.717) is 30.6 Å². The van der Waals surface area contributed by atoms with Gasteiger partial charge in [-0.2, -0.15) is 0 Å². The van der Waals surface area contributed by atoms with Gasteiger partial charge in [-0.15, -0.1) is 0 Å². The number of hydrogen-bond acceptors (Lipinski definition) is 4. The van der Waals surface area contributed by atoms with Crippen LogP contribution in [0.15, 0.2) is 11.6 Å². The minimum absolute atomic E-state index is 0.0215. The van der Waals surface area contributed by atoms with Crippen molar-refractivity contribution in [3.63, 3.8) is 0 Å². The van der Waals surface area contributed by atoms with Crippen LogP contribution in [-0.4, -0.2) is 29.1 Å². The van der Waals surface area contributed by atoms with E-state index < -0.39 is 6.10 Å². The largest absolute Gasteiger partial charge is 0.462 e. The van der Waals surface area contributed by atoms with Crippen LogP contribution in [0, 0.1) is 28.6 Å². The van der Waals surface area contributed by atoms with E-state index >= 15 is 0 Å². The summed E-state index contributed by atoms with van der Waals surface area (Å²) in [6.07, 6.45) is 12.7. The molecule has 1 N–H and O–H groups in total. The molecule has 7 atom stereocenters. The van der Waals surface area contributed by atoms with E-state index in [1.54, 1.807) is 6.08 Å². The Morgan fingerprint density at radius 3 is 2.70 bits per heavy atom. The fourth-order valence-corrected chi connectivity index (χ4v) is 7.67. The van der Waals surface area contributed by atoms with Crippen molar-refractivity contribution in [1.29, 1.82) is 0 Å². The zero-order valence-corrected chi connectivity index (χ0v) is 19.1. The smallest absolute Gasteiger partial charge is 0.306 e. The molecule has 0 unspecified atom stereocenters. The Labute approximate surface area is 181 Å². The standard InChI is InChI=1S/C26H40O4/c1-4-5-6-7-8-24(29)30-23-10-9-19-18-16-22(28)21-15-17(27)11-13-25(21,2)20(18)12-14-26(19,23)3/h15,18-20,22-23,28H,4-14,16H2,1-3H3/t18-,19-,20-,22-,23-,25+,26-/m0/s1. The molecular weight excluding hydrogens is 376 g/mol. The van der Waals surface area contributed by atoms with E-state index in [1.165, 1.54) is 12.8 Å². The summed E-state index contributed by atoms with van der Waals surface area (Å²) < 4.78 is 6.06. The van der Waals surface area contributed by atoms with Crippen LogP contribution in [0.4, 0.5) is 0 Å². The van der Waals surface area contributed by atoms with Crippen LogP contribution in [0.2, 0.25) is 0 Å². The number of aliphatic hydroxyl groups excluding tert-OH is 1. The summed E-state index contributed by atoms with van der Waals surface area (Å²) in [7, 11) is 0. The second kappa shape index (κ2) is 8.41. The van der Waals surface area contributed by atoms with Crippen molar-refractivity contribution in [2.75, 3.05) is 0 Å². The predicted octanol–water partition coefficient (Wildman–Crippen LogP) is 5.37. The molecule has 3 fully saturated rings. The predicted molar refractivity (Wildman–Crippen MR) is 117 cm³/mol. The third-order valence-corrected chi connectivity index (χ3v) is 9.40. The third-order valence-electron chi connectivity index (χ3n) is 9.40. The molecule has 0 spiro atoms. The Morgan fingerprint density at radius 1 is 1.13 bits per heavy atom. The van der Waals surface area contributed by atoms with Crippen molar-refractivity contribution >= 4 is 11.8 Å². The Morgan fingerprint density at radius 2 is 1.93 bits per heavy atom. The molecule has 4 nitrogen and oxygen atoms in total. The molecule has 0 bridgehead atoms. The Hall–Kier alpha value is -1.16. The number of aliphatic hydroxyl groups is 1. The molecule has 3 saturated carbocycles.